The molecule has 1 saturated heterocycles. The fourth-order valence-corrected chi connectivity index (χ4v) is 6.07. The van der Waals surface area contributed by atoms with Crippen molar-refractivity contribution in [3.63, 3.8) is 0 Å². The van der Waals surface area contributed by atoms with Crippen LogP contribution in [-0.2, 0) is 44.3 Å². The van der Waals surface area contributed by atoms with Crippen LogP contribution in [0.25, 0.3) is 10.8 Å². The van der Waals surface area contributed by atoms with Gasteiger partial charge in [-0.15, -0.1) is 11.6 Å². The minimum absolute atomic E-state index is 0.0358. The Bertz CT molecular complexity index is 1570. The highest BCUT2D eigenvalue weighted by atomic mass is 35.5. The first-order valence-electron chi connectivity index (χ1n) is 15.2. The smallest absolute Gasteiger partial charge is 0.370 e. The van der Waals surface area contributed by atoms with Gasteiger partial charge in [0.25, 0.3) is 0 Å². The van der Waals surface area contributed by atoms with Gasteiger partial charge >= 0.3 is 7.82 Å². The van der Waals surface area contributed by atoms with Crippen LogP contribution < -0.4 is 27.4 Å². The van der Waals surface area contributed by atoms with Crippen LogP contribution in [0.15, 0.2) is 42.5 Å². The minimum atomic E-state index is -5.09. The molecular formula is C30H40ClN6O10P. The number of phosphoric acid groups is 1. The summed E-state index contributed by atoms with van der Waals surface area (Å²) in [6.07, 6.45) is -0.801. The van der Waals surface area contributed by atoms with Gasteiger partial charge < -0.3 is 42.1 Å². The number of nitrogens with zero attached hydrogens (tertiary/aromatic N) is 1. The first kappa shape index (κ1) is 38.4. The fraction of sp³-hybridized carbons (Fsp3) is 0.467. The summed E-state index contributed by atoms with van der Waals surface area (Å²) in [6.45, 7) is 1.22. The summed E-state index contributed by atoms with van der Waals surface area (Å²) in [5.41, 5.74) is 11.3. The lowest BCUT2D eigenvalue weighted by atomic mass is 9.97. The van der Waals surface area contributed by atoms with Crippen molar-refractivity contribution in [1.29, 1.82) is 0 Å². The van der Waals surface area contributed by atoms with Gasteiger partial charge in [0.05, 0.1) is 6.10 Å². The van der Waals surface area contributed by atoms with Crippen molar-refractivity contribution in [2.45, 2.75) is 75.7 Å². The summed E-state index contributed by atoms with van der Waals surface area (Å²) in [5, 5.41) is 9.28. The van der Waals surface area contributed by atoms with Crippen LogP contribution in [0, 0.1) is 0 Å². The van der Waals surface area contributed by atoms with E-state index in [1.165, 1.54) is 6.92 Å². The third kappa shape index (κ3) is 11.3. The second kappa shape index (κ2) is 17.4. The van der Waals surface area contributed by atoms with Gasteiger partial charge in [0.2, 0.25) is 35.4 Å². The lowest BCUT2D eigenvalue weighted by Gasteiger charge is -2.38. The molecule has 0 aromatic heterocycles. The Balaban J connectivity index is 1.91. The average Bonchev–Trinajstić information content (AvgIpc) is 3.03. The molecule has 48 heavy (non-hydrogen) atoms. The molecule has 1 aliphatic heterocycles. The van der Waals surface area contributed by atoms with Crippen molar-refractivity contribution >= 4 is 65.6 Å². The predicted octanol–water partition coefficient (Wildman–Crippen LogP) is -0.295. The van der Waals surface area contributed by atoms with E-state index in [1.807, 2.05) is 36.4 Å². The maximum atomic E-state index is 13.9. The molecular weight excluding hydrogens is 671 g/mol. The Kier molecular flexibility index (Phi) is 13.9. The fourth-order valence-electron chi connectivity index (χ4n) is 5.44. The number of carbonyl (C=O) groups is 6. The number of phosphoric ester groups is 1. The van der Waals surface area contributed by atoms with Gasteiger partial charge in [-0.1, -0.05) is 42.5 Å². The van der Waals surface area contributed by atoms with Crippen LogP contribution >= 0.6 is 19.4 Å². The molecule has 0 bridgehead atoms. The summed E-state index contributed by atoms with van der Waals surface area (Å²) in [5.74, 6) is -5.38. The average molecular weight is 711 g/mol. The van der Waals surface area contributed by atoms with E-state index < -0.39 is 79.4 Å². The lowest BCUT2D eigenvalue weighted by molar-refractivity contribution is -0.147. The third-order valence-corrected chi connectivity index (χ3v) is 8.64. The van der Waals surface area contributed by atoms with Gasteiger partial charge in [-0.3, -0.25) is 33.3 Å². The highest BCUT2D eigenvalue weighted by molar-refractivity contribution is 7.46. The van der Waals surface area contributed by atoms with Crippen LogP contribution in [0.5, 0.6) is 0 Å². The summed E-state index contributed by atoms with van der Waals surface area (Å²) in [6, 6.07) is 7.64. The van der Waals surface area contributed by atoms with Crippen LogP contribution in [0.1, 0.15) is 44.6 Å². The second-order valence-electron chi connectivity index (χ2n) is 11.4. The van der Waals surface area contributed by atoms with E-state index in [0.717, 1.165) is 15.7 Å². The molecule has 18 heteroatoms. The highest BCUT2D eigenvalue weighted by Gasteiger charge is 2.41. The molecule has 6 amide bonds. The molecule has 262 valence electrons. The largest absolute Gasteiger partial charge is 0.469 e. The number of nitrogens with one attached hydrogen (secondary N) is 3. The van der Waals surface area contributed by atoms with Gasteiger partial charge in [0.1, 0.15) is 30.0 Å². The zero-order valence-electron chi connectivity index (χ0n) is 26.2. The maximum Gasteiger partial charge on any atom is 0.469 e. The number of alkyl halides is 1. The standard InChI is InChI=1S/C30H40ClN6O10P/c1-17(47-48(44,45)46)26(36-25(39)16-31)30(43)37-13-5-4-8-23(37)29(42)35-22(28(41)34-21(27(33)40)11-12-24(32)38)15-18-9-10-19-6-2-3-7-20(19)14-18/h2-3,6-7,9-10,14,17,21-23,26H,4-5,8,11-13,15-16H2,1H3,(H2,32,38)(H2,33,40)(H,34,41)(H,35,42)(H,36,39)(H2,44,45,46)/t17?,21-,22-,23-,26-/m0/s1. The van der Waals surface area contributed by atoms with E-state index in [4.69, 9.17) is 23.1 Å². The molecule has 1 unspecified atom stereocenters. The predicted molar refractivity (Wildman–Crippen MR) is 174 cm³/mol. The normalized spacial score (nSPS) is 17.4. The number of benzene rings is 2. The molecule has 1 aliphatic rings. The number of hydrogen-bond donors (Lipinski definition) is 7. The third-order valence-electron chi connectivity index (χ3n) is 7.79. The van der Waals surface area contributed by atoms with Crippen molar-refractivity contribution < 1.29 is 47.6 Å². The molecule has 0 radical (unpaired) electrons. The Morgan fingerprint density at radius 1 is 1.00 bits per heavy atom. The van der Waals surface area contributed by atoms with Crippen molar-refractivity contribution in [2.24, 2.45) is 11.5 Å². The summed E-state index contributed by atoms with van der Waals surface area (Å²) >= 11 is 5.59. The Morgan fingerprint density at radius 2 is 1.69 bits per heavy atom. The number of hydrogen-bond acceptors (Lipinski definition) is 8. The highest BCUT2D eigenvalue weighted by Crippen LogP contribution is 2.38. The zero-order chi connectivity index (χ0) is 35.6. The molecule has 1 heterocycles. The molecule has 9 N–H and O–H groups in total. The Morgan fingerprint density at radius 3 is 2.31 bits per heavy atom. The van der Waals surface area contributed by atoms with Gasteiger partial charge in [0.15, 0.2) is 0 Å². The number of rotatable bonds is 16. The number of likely N-dealkylation sites (tertiary alicyclic amines) is 1. The summed E-state index contributed by atoms with van der Waals surface area (Å²) in [7, 11) is -5.09. The van der Waals surface area contributed by atoms with E-state index in [9.17, 15) is 43.1 Å². The second-order valence-corrected chi connectivity index (χ2v) is 12.9. The summed E-state index contributed by atoms with van der Waals surface area (Å²) in [4.78, 5) is 96.6. The minimum Gasteiger partial charge on any atom is -0.370 e. The SMILES string of the molecule is CC(OP(=O)(O)O)[C@H](NC(=O)CCl)C(=O)N1CCCC[C@H]1C(=O)N[C@@H](Cc1ccc2ccccc2c1)C(=O)N[C@@H](CCC(N)=O)C(N)=O. The lowest BCUT2D eigenvalue weighted by Crippen LogP contribution is -2.62. The van der Waals surface area contributed by atoms with Crippen molar-refractivity contribution in [1.82, 2.24) is 20.9 Å². The first-order chi connectivity index (χ1) is 22.6. The Hall–Kier alpha value is -4.08. The number of halogens is 1. The van der Waals surface area contributed by atoms with E-state index >= 15 is 0 Å². The topological polar surface area (TPSA) is 261 Å². The number of carbonyl (C=O) groups excluding carboxylic acids is 6. The van der Waals surface area contributed by atoms with Gasteiger partial charge in [0, 0.05) is 19.4 Å². The molecule has 0 aliphatic carbocycles. The van der Waals surface area contributed by atoms with Gasteiger partial charge in [-0.25, -0.2) is 4.57 Å². The maximum absolute atomic E-state index is 13.9. The number of fused-ring (bicyclic) bond motifs is 1. The van der Waals surface area contributed by atoms with E-state index in [-0.39, 0.29) is 32.2 Å². The number of amides is 6. The molecule has 2 aromatic rings. The Labute approximate surface area is 281 Å². The molecule has 0 saturated carbocycles. The molecule has 2 aromatic carbocycles. The zero-order valence-corrected chi connectivity index (χ0v) is 27.8. The van der Waals surface area contributed by atoms with Crippen molar-refractivity contribution in [2.75, 3.05) is 12.4 Å². The number of primary amides is 2. The van der Waals surface area contributed by atoms with Crippen molar-refractivity contribution in [3.8, 4) is 0 Å². The molecule has 16 nitrogen and oxygen atoms in total. The van der Waals surface area contributed by atoms with Crippen LogP contribution in [0.4, 0.5) is 0 Å². The molecule has 3 rings (SSSR count). The van der Waals surface area contributed by atoms with Crippen molar-refractivity contribution in [3.05, 3.63) is 48.0 Å². The first-order valence-corrected chi connectivity index (χ1v) is 17.2. The van der Waals surface area contributed by atoms with Crippen LogP contribution in [-0.4, -0.2) is 92.8 Å². The monoisotopic (exact) mass is 710 g/mol. The van der Waals surface area contributed by atoms with Gasteiger partial charge in [-0.05, 0) is 48.9 Å². The van der Waals surface area contributed by atoms with Crippen LogP contribution in [0.2, 0.25) is 0 Å². The molecule has 5 atom stereocenters. The van der Waals surface area contributed by atoms with E-state index in [1.54, 1.807) is 6.07 Å². The molecule has 1 fully saturated rings. The van der Waals surface area contributed by atoms with E-state index in [2.05, 4.69) is 20.5 Å². The number of nitrogens with two attached hydrogens (primary N) is 2. The van der Waals surface area contributed by atoms with Crippen LogP contribution in [0.3, 0.4) is 0 Å². The number of piperidine rings is 1. The molecule has 0 spiro atoms. The van der Waals surface area contributed by atoms with E-state index in [0.29, 0.717) is 18.4 Å². The van der Waals surface area contributed by atoms with Gasteiger partial charge in [-0.2, -0.15) is 0 Å². The quantitative estimate of drug-likeness (QED) is 0.0884. The summed E-state index contributed by atoms with van der Waals surface area (Å²) < 4.78 is 16.2.